The Balaban J connectivity index is 2.22. The van der Waals surface area contributed by atoms with E-state index in [1.54, 1.807) is 18.2 Å². The third kappa shape index (κ3) is 8.84. The molecule has 0 heterocycles. The second kappa shape index (κ2) is 14.1. The van der Waals surface area contributed by atoms with E-state index in [0.29, 0.717) is 24.2 Å². The van der Waals surface area contributed by atoms with Crippen molar-refractivity contribution in [1.82, 2.24) is 10.2 Å². The molecule has 0 aliphatic heterocycles. The van der Waals surface area contributed by atoms with Crippen molar-refractivity contribution in [1.29, 1.82) is 0 Å². The van der Waals surface area contributed by atoms with Gasteiger partial charge in [0.15, 0.2) is 0 Å². The SMILES string of the molecule is CCCCNC(=O)[C@H](CC)N(Cc1ccc(F)cc1)C(=O)CCCN(c1cccc(C)c1C)S(C)(=O)=O. The molecular weight excluding hydrogens is 493 g/mol. The van der Waals surface area contributed by atoms with Gasteiger partial charge in [-0.25, -0.2) is 12.8 Å². The lowest BCUT2D eigenvalue weighted by Gasteiger charge is -2.31. The zero-order valence-corrected chi connectivity index (χ0v) is 23.4. The Hall–Kier alpha value is -2.94. The van der Waals surface area contributed by atoms with Crippen LogP contribution in [0.4, 0.5) is 10.1 Å². The Kier molecular flexibility index (Phi) is 11.6. The third-order valence-corrected chi connectivity index (χ3v) is 7.66. The van der Waals surface area contributed by atoms with Gasteiger partial charge >= 0.3 is 0 Å². The Morgan fingerprint density at radius 3 is 2.30 bits per heavy atom. The van der Waals surface area contributed by atoms with Gasteiger partial charge < -0.3 is 10.2 Å². The molecule has 2 amide bonds. The molecule has 0 bridgehead atoms. The van der Waals surface area contributed by atoms with Gasteiger partial charge in [0.25, 0.3) is 0 Å². The number of unbranched alkanes of at least 4 members (excludes halogenated alkanes) is 1. The second-order valence-corrected chi connectivity index (χ2v) is 11.3. The molecule has 0 saturated heterocycles. The third-order valence-electron chi connectivity index (χ3n) is 6.48. The molecule has 9 heteroatoms. The molecule has 0 aliphatic rings. The minimum absolute atomic E-state index is 0.0663. The predicted molar refractivity (Wildman–Crippen MR) is 146 cm³/mol. The number of sulfonamides is 1. The van der Waals surface area contributed by atoms with Crippen LogP contribution in [0, 0.1) is 19.7 Å². The summed E-state index contributed by atoms with van der Waals surface area (Å²) < 4.78 is 40.0. The lowest BCUT2D eigenvalue weighted by Crippen LogP contribution is -2.49. The van der Waals surface area contributed by atoms with Crippen molar-refractivity contribution >= 4 is 27.5 Å². The van der Waals surface area contributed by atoms with Gasteiger partial charge in [0.05, 0.1) is 11.9 Å². The van der Waals surface area contributed by atoms with Crippen molar-refractivity contribution < 1.29 is 22.4 Å². The van der Waals surface area contributed by atoms with E-state index in [1.165, 1.54) is 21.3 Å². The van der Waals surface area contributed by atoms with Crippen LogP contribution in [-0.2, 0) is 26.2 Å². The number of halogens is 1. The first-order valence-corrected chi connectivity index (χ1v) is 14.7. The molecule has 0 unspecified atom stereocenters. The van der Waals surface area contributed by atoms with Crippen molar-refractivity contribution in [2.75, 3.05) is 23.7 Å². The highest BCUT2D eigenvalue weighted by molar-refractivity contribution is 7.92. The topological polar surface area (TPSA) is 86.8 Å². The van der Waals surface area contributed by atoms with Crippen LogP contribution in [0.5, 0.6) is 0 Å². The number of hydrogen-bond donors (Lipinski definition) is 1. The lowest BCUT2D eigenvalue weighted by molar-refractivity contribution is -0.141. The van der Waals surface area contributed by atoms with E-state index < -0.39 is 16.1 Å². The van der Waals surface area contributed by atoms with Gasteiger partial charge in [0.1, 0.15) is 11.9 Å². The van der Waals surface area contributed by atoms with E-state index in [2.05, 4.69) is 5.32 Å². The molecule has 0 aromatic heterocycles. The first kappa shape index (κ1) is 30.3. The van der Waals surface area contributed by atoms with Crippen LogP contribution in [0.3, 0.4) is 0 Å². The van der Waals surface area contributed by atoms with E-state index in [9.17, 15) is 22.4 Å². The van der Waals surface area contributed by atoms with Crippen LogP contribution in [0.2, 0.25) is 0 Å². The van der Waals surface area contributed by atoms with Crippen LogP contribution in [-0.4, -0.2) is 50.5 Å². The smallest absolute Gasteiger partial charge is 0.242 e. The summed E-state index contributed by atoms with van der Waals surface area (Å²) in [5.41, 5.74) is 3.15. The average Bonchev–Trinajstić information content (AvgIpc) is 2.84. The van der Waals surface area contributed by atoms with Crippen molar-refractivity contribution in [3.05, 3.63) is 65.0 Å². The van der Waals surface area contributed by atoms with Crippen molar-refractivity contribution in [3.63, 3.8) is 0 Å². The summed E-state index contributed by atoms with van der Waals surface area (Å²) in [6, 6.07) is 10.7. The Labute approximate surface area is 221 Å². The van der Waals surface area contributed by atoms with E-state index in [0.717, 1.165) is 30.2 Å². The van der Waals surface area contributed by atoms with E-state index in [-0.39, 0.29) is 43.6 Å². The van der Waals surface area contributed by atoms with Gasteiger partial charge in [-0.1, -0.05) is 44.5 Å². The van der Waals surface area contributed by atoms with Crippen molar-refractivity contribution in [2.24, 2.45) is 0 Å². The molecule has 0 saturated carbocycles. The van der Waals surface area contributed by atoms with Gasteiger partial charge in [-0.15, -0.1) is 0 Å². The fourth-order valence-corrected chi connectivity index (χ4v) is 5.22. The molecule has 0 aliphatic carbocycles. The zero-order valence-electron chi connectivity index (χ0n) is 22.6. The highest BCUT2D eigenvalue weighted by Gasteiger charge is 2.29. The largest absolute Gasteiger partial charge is 0.354 e. The Morgan fingerprint density at radius 2 is 1.70 bits per heavy atom. The zero-order chi connectivity index (χ0) is 27.6. The molecule has 204 valence electrons. The van der Waals surface area contributed by atoms with Gasteiger partial charge in [0, 0.05) is 26.1 Å². The number of hydrogen-bond acceptors (Lipinski definition) is 4. The summed E-state index contributed by atoms with van der Waals surface area (Å²) in [5.74, 6) is -0.853. The lowest BCUT2D eigenvalue weighted by atomic mass is 10.1. The number of carbonyl (C=O) groups excluding carboxylic acids is 2. The molecule has 0 spiro atoms. The Morgan fingerprint density at radius 1 is 1.03 bits per heavy atom. The monoisotopic (exact) mass is 533 g/mol. The molecule has 0 fully saturated rings. The number of rotatable bonds is 14. The molecule has 2 rings (SSSR count). The number of anilines is 1. The van der Waals surface area contributed by atoms with E-state index >= 15 is 0 Å². The average molecular weight is 534 g/mol. The van der Waals surface area contributed by atoms with Gasteiger partial charge in [0.2, 0.25) is 21.8 Å². The highest BCUT2D eigenvalue weighted by atomic mass is 32.2. The fraction of sp³-hybridized carbons (Fsp3) is 0.500. The fourth-order valence-electron chi connectivity index (χ4n) is 4.20. The van der Waals surface area contributed by atoms with Crippen LogP contribution < -0.4 is 9.62 Å². The van der Waals surface area contributed by atoms with Crippen LogP contribution in [0.25, 0.3) is 0 Å². The first-order valence-electron chi connectivity index (χ1n) is 12.8. The predicted octanol–water partition coefficient (Wildman–Crippen LogP) is 4.71. The van der Waals surface area contributed by atoms with Crippen molar-refractivity contribution in [2.45, 2.75) is 72.4 Å². The molecule has 37 heavy (non-hydrogen) atoms. The normalized spacial score (nSPS) is 12.2. The number of aryl methyl sites for hydroxylation is 1. The number of amides is 2. The summed E-state index contributed by atoms with van der Waals surface area (Å²) in [7, 11) is -3.57. The van der Waals surface area contributed by atoms with E-state index in [4.69, 9.17) is 0 Å². The summed E-state index contributed by atoms with van der Waals surface area (Å²) in [6.45, 7) is 8.51. The van der Waals surface area contributed by atoms with E-state index in [1.807, 2.05) is 39.8 Å². The standard InChI is InChI=1S/C28H40FN3O4S/c1-6-8-18-30-28(34)25(7-2)31(20-23-14-16-24(29)17-15-23)27(33)13-10-19-32(37(5,35)36)26-12-9-11-21(3)22(26)4/h9,11-12,14-17,25H,6-8,10,13,18-20H2,1-5H3,(H,30,34)/t25-/m0/s1. The molecule has 2 aromatic carbocycles. The molecule has 1 N–H and O–H groups in total. The van der Waals surface area contributed by atoms with Crippen LogP contribution in [0.1, 0.15) is 62.6 Å². The molecular formula is C28H40FN3O4S. The summed E-state index contributed by atoms with van der Waals surface area (Å²) in [4.78, 5) is 27.9. The molecule has 7 nitrogen and oxygen atoms in total. The van der Waals surface area contributed by atoms with Gasteiger partial charge in [-0.2, -0.15) is 0 Å². The molecule has 2 aromatic rings. The molecule has 1 atom stereocenters. The van der Waals surface area contributed by atoms with Crippen molar-refractivity contribution in [3.8, 4) is 0 Å². The summed E-state index contributed by atoms with van der Waals surface area (Å²) in [5, 5.41) is 2.91. The summed E-state index contributed by atoms with van der Waals surface area (Å²) >= 11 is 0. The number of nitrogens with one attached hydrogen (secondary N) is 1. The quantitative estimate of drug-likeness (QED) is 0.356. The first-order chi connectivity index (χ1) is 17.5. The number of benzene rings is 2. The number of carbonyl (C=O) groups is 2. The van der Waals surface area contributed by atoms with Gasteiger partial charge in [-0.3, -0.25) is 13.9 Å². The maximum absolute atomic E-state index is 13.4. The maximum Gasteiger partial charge on any atom is 0.242 e. The van der Waals surface area contributed by atoms with Gasteiger partial charge in [-0.05, 0) is 68.0 Å². The maximum atomic E-state index is 13.4. The number of nitrogens with zero attached hydrogens (tertiary/aromatic N) is 2. The van der Waals surface area contributed by atoms with Crippen LogP contribution in [0.15, 0.2) is 42.5 Å². The Bertz CT molecular complexity index is 1150. The minimum Gasteiger partial charge on any atom is -0.354 e. The minimum atomic E-state index is -3.57. The second-order valence-electron chi connectivity index (χ2n) is 9.37. The summed E-state index contributed by atoms with van der Waals surface area (Å²) in [6.07, 6.45) is 3.71. The van der Waals surface area contributed by atoms with Crippen LogP contribution >= 0.6 is 0 Å². The molecule has 0 radical (unpaired) electrons. The highest BCUT2D eigenvalue weighted by Crippen LogP contribution is 2.25.